The second-order valence-corrected chi connectivity index (χ2v) is 5.27. The summed E-state index contributed by atoms with van der Waals surface area (Å²) in [7, 11) is 1.31. The fourth-order valence-corrected chi connectivity index (χ4v) is 2.41. The van der Waals surface area contributed by atoms with E-state index < -0.39 is 5.97 Å². The summed E-state index contributed by atoms with van der Waals surface area (Å²) in [5.74, 6) is 0.0876. The number of methoxy groups -OCH3 is 1. The van der Waals surface area contributed by atoms with Gasteiger partial charge in [-0.05, 0) is 47.0 Å². The Balaban J connectivity index is 0.000000511. The maximum Gasteiger partial charge on any atom is 0.328 e. The zero-order chi connectivity index (χ0) is 18.2. The zero-order valence-corrected chi connectivity index (χ0v) is 13.6. The number of aliphatic carboxylic acids is 1. The Morgan fingerprint density at radius 2 is 1.92 bits per heavy atom. The Morgan fingerprint density at radius 1 is 1.24 bits per heavy atom. The first-order chi connectivity index (χ1) is 12.0. The Labute approximate surface area is 144 Å². The summed E-state index contributed by atoms with van der Waals surface area (Å²) in [5, 5.41) is 18.0. The number of ether oxygens (including phenoxy) is 2. The van der Waals surface area contributed by atoms with Gasteiger partial charge in [0.15, 0.2) is 0 Å². The topological polar surface area (TPSA) is 93.1 Å². The minimum absolute atomic E-state index is 0.0701. The number of fused-ring (bicyclic) bond motifs is 1. The summed E-state index contributed by atoms with van der Waals surface area (Å²) < 4.78 is 9.75. The van der Waals surface area contributed by atoms with E-state index >= 15 is 0 Å². The molecule has 3 rings (SSSR count). The minimum atomic E-state index is -0.964. The average Bonchev–Trinajstić information content (AvgIpc) is 3.04. The van der Waals surface area contributed by atoms with Crippen molar-refractivity contribution in [2.75, 3.05) is 7.11 Å². The first kappa shape index (κ1) is 18.1. The molecule has 0 saturated heterocycles. The van der Waals surface area contributed by atoms with Crippen LogP contribution in [0.2, 0.25) is 0 Å². The molecule has 130 valence electrons. The maximum atomic E-state index is 10.5. The molecule has 0 saturated carbocycles. The number of carbonyl (C=O) groups excluding carboxylic acids is 1. The van der Waals surface area contributed by atoms with Gasteiger partial charge in [-0.3, -0.25) is 4.79 Å². The summed E-state index contributed by atoms with van der Waals surface area (Å²) in [5.41, 5.74) is 2.90. The SMILES string of the molecule is COC=O.O=C(O)/C=C/c1ccc2c(c1)C[C@H](c1ccc(O)cc1)O2. The molecule has 25 heavy (non-hydrogen) atoms. The van der Waals surface area contributed by atoms with Gasteiger partial charge in [0.1, 0.15) is 17.6 Å². The second kappa shape index (κ2) is 8.54. The third kappa shape index (κ3) is 5.10. The van der Waals surface area contributed by atoms with Crippen molar-refractivity contribution in [3.8, 4) is 11.5 Å². The predicted octanol–water partition coefficient (Wildman–Crippen LogP) is 2.96. The van der Waals surface area contributed by atoms with E-state index in [0.29, 0.717) is 6.47 Å². The third-order valence-electron chi connectivity index (χ3n) is 3.54. The van der Waals surface area contributed by atoms with Gasteiger partial charge in [0, 0.05) is 12.5 Å². The van der Waals surface area contributed by atoms with Crippen LogP contribution < -0.4 is 4.74 Å². The van der Waals surface area contributed by atoms with Crippen molar-refractivity contribution in [2.24, 2.45) is 0 Å². The van der Waals surface area contributed by atoms with Crippen LogP contribution in [0.1, 0.15) is 22.8 Å². The molecule has 0 spiro atoms. The number of phenolic OH excluding ortho intramolecular Hbond substituents is 1. The molecule has 0 aliphatic carbocycles. The van der Waals surface area contributed by atoms with Crippen LogP contribution in [0.3, 0.4) is 0 Å². The number of carboxylic acid groups (broad SMARTS) is 1. The fraction of sp³-hybridized carbons (Fsp3) is 0.158. The van der Waals surface area contributed by atoms with E-state index in [1.165, 1.54) is 7.11 Å². The number of carbonyl (C=O) groups is 2. The van der Waals surface area contributed by atoms with Crippen molar-refractivity contribution in [2.45, 2.75) is 12.5 Å². The average molecular weight is 342 g/mol. The lowest BCUT2D eigenvalue weighted by molar-refractivity contribution is -0.131. The Hall–Kier alpha value is -3.28. The summed E-state index contributed by atoms with van der Waals surface area (Å²) in [6.45, 7) is 0.375. The normalized spacial score (nSPS) is 14.8. The lowest BCUT2D eigenvalue weighted by atomic mass is 10.0. The third-order valence-corrected chi connectivity index (χ3v) is 3.54. The molecule has 1 atom stereocenters. The maximum absolute atomic E-state index is 10.5. The number of benzene rings is 2. The molecule has 0 aromatic heterocycles. The predicted molar refractivity (Wildman–Crippen MR) is 91.4 cm³/mol. The molecule has 1 heterocycles. The molecule has 0 bridgehead atoms. The number of hydrogen-bond donors (Lipinski definition) is 2. The Bertz CT molecular complexity index is 764. The van der Waals surface area contributed by atoms with Gasteiger partial charge in [0.05, 0.1) is 7.11 Å². The first-order valence-electron chi connectivity index (χ1n) is 7.49. The molecular formula is C19H18O6. The number of phenols is 1. The van der Waals surface area contributed by atoms with Crippen LogP contribution >= 0.6 is 0 Å². The van der Waals surface area contributed by atoms with Crippen molar-refractivity contribution in [1.29, 1.82) is 0 Å². The molecule has 2 aromatic carbocycles. The molecule has 0 fully saturated rings. The number of hydrogen-bond acceptors (Lipinski definition) is 5. The van der Waals surface area contributed by atoms with Gasteiger partial charge in [-0.1, -0.05) is 18.2 Å². The van der Waals surface area contributed by atoms with Crippen LogP contribution in [0, 0.1) is 0 Å². The summed E-state index contributed by atoms with van der Waals surface area (Å²) >= 11 is 0. The number of carboxylic acids is 1. The molecule has 0 unspecified atom stereocenters. The quantitative estimate of drug-likeness (QED) is 0.655. The lowest BCUT2D eigenvalue weighted by Crippen LogP contribution is -2.02. The van der Waals surface area contributed by atoms with Gasteiger partial charge in [-0.2, -0.15) is 0 Å². The second-order valence-electron chi connectivity index (χ2n) is 5.27. The van der Waals surface area contributed by atoms with E-state index in [0.717, 1.165) is 34.9 Å². The van der Waals surface area contributed by atoms with E-state index in [-0.39, 0.29) is 11.9 Å². The van der Waals surface area contributed by atoms with Crippen LogP contribution in [0.4, 0.5) is 0 Å². The van der Waals surface area contributed by atoms with Crippen LogP contribution in [0.25, 0.3) is 6.08 Å². The fourth-order valence-electron chi connectivity index (χ4n) is 2.41. The summed E-state index contributed by atoms with van der Waals surface area (Å²) in [6, 6.07) is 12.6. The van der Waals surface area contributed by atoms with Crippen molar-refractivity contribution < 1.29 is 29.3 Å². The van der Waals surface area contributed by atoms with Crippen LogP contribution in [0.5, 0.6) is 11.5 Å². The molecule has 2 N–H and O–H groups in total. The van der Waals surface area contributed by atoms with Gasteiger partial charge in [-0.15, -0.1) is 0 Å². The zero-order valence-electron chi connectivity index (χ0n) is 13.6. The largest absolute Gasteiger partial charge is 0.508 e. The number of rotatable bonds is 4. The Morgan fingerprint density at radius 3 is 2.52 bits per heavy atom. The number of aromatic hydroxyl groups is 1. The highest BCUT2D eigenvalue weighted by Gasteiger charge is 2.24. The highest BCUT2D eigenvalue weighted by molar-refractivity contribution is 5.85. The van der Waals surface area contributed by atoms with E-state index in [9.17, 15) is 9.90 Å². The molecular weight excluding hydrogens is 324 g/mol. The summed E-state index contributed by atoms with van der Waals surface area (Å²) in [4.78, 5) is 19.5. The highest BCUT2D eigenvalue weighted by atomic mass is 16.5. The molecule has 1 aliphatic heterocycles. The van der Waals surface area contributed by atoms with Crippen molar-refractivity contribution in [3.05, 3.63) is 65.2 Å². The van der Waals surface area contributed by atoms with Crippen molar-refractivity contribution >= 4 is 18.5 Å². The van der Waals surface area contributed by atoms with E-state index in [4.69, 9.17) is 14.6 Å². The van der Waals surface area contributed by atoms with Crippen LogP contribution in [0.15, 0.2) is 48.5 Å². The Kier molecular flexibility index (Phi) is 6.17. The molecule has 0 radical (unpaired) electrons. The van der Waals surface area contributed by atoms with Crippen LogP contribution in [-0.4, -0.2) is 29.8 Å². The molecule has 0 amide bonds. The van der Waals surface area contributed by atoms with E-state index in [1.54, 1.807) is 18.2 Å². The van der Waals surface area contributed by atoms with E-state index in [2.05, 4.69) is 4.74 Å². The van der Waals surface area contributed by atoms with E-state index in [1.807, 2.05) is 30.3 Å². The van der Waals surface area contributed by atoms with Crippen molar-refractivity contribution in [3.63, 3.8) is 0 Å². The molecule has 1 aliphatic rings. The minimum Gasteiger partial charge on any atom is -0.508 e. The van der Waals surface area contributed by atoms with Gasteiger partial charge < -0.3 is 19.7 Å². The van der Waals surface area contributed by atoms with Gasteiger partial charge >= 0.3 is 5.97 Å². The van der Waals surface area contributed by atoms with Gasteiger partial charge in [0.25, 0.3) is 6.47 Å². The smallest absolute Gasteiger partial charge is 0.328 e. The molecule has 2 aromatic rings. The first-order valence-corrected chi connectivity index (χ1v) is 7.49. The highest BCUT2D eigenvalue weighted by Crippen LogP contribution is 2.37. The molecule has 6 nitrogen and oxygen atoms in total. The van der Waals surface area contributed by atoms with Gasteiger partial charge in [-0.25, -0.2) is 4.79 Å². The van der Waals surface area contributed by atoms with Crippen molar-refractivity contribution in [1.82, 2.24) is 0 Å². The monoisotopic (exact) mass is 342 g/mol. The van der Waals surface area contributed by atoms with Gasteiger partial charge in [0.2, 0.25) is 0 Å². The standard InChI is InChI=1S/C17H14O4.C2H4O2/c18-14-5-3-12(4-6-14)16-10-13-9-11(2-8-17(19)20)1-7-15(13)21-16;1-4-2-3/h1-9,16,18H,10H2,(H,19,20);2H,1H3/b8-2+;/t16-;/m1./s1. The summed E-state index contributed by atoms with van der Waals surface area (Å²) in [6.07, 6.45) is 3.35. The van der Waals surface area contributed by atoms with Crippen LogP contribution in [-0.2, 0) is 20.7 Å². The molecule has 6 heteroatoms. The lowest BCUT2D eigenvalue weighted by Gasteiger charge is -2.10.